The minimum Gasteiger partial charge on any atom is -0.391 e. The summed E-state index contributed by atoms with van der Waals surface area (Å²) in [5.41, 5.74) is 7.41. The molecule has 1 heterocycles. The molecule has 0 saturated heterocycles. The van der Waals surface area contributed by atoms with Gasteiger partial charge in [0.05, 0.1) is 0 Å². The van der Waals surface area contributed by atoms with Gasteiger partial charge in [-0.2, -0.15) is 0 Å². The average molecular weight is 600 g/mol. The van der Waals surface area contributed by atoms with Crippen LogP contribution in [0.1, 0.15) is 37.5 Å². The minimum absolute atomic E-state index is 0.928. The maximum Gasteiger partial charge on any atom is 0.169 e. The fraction of sp³-hybridized carbons (Fsp3) is 0.306. The Kier molecular flexibility index (Phi) is 15.0. The Bertz CT molecular complexity index is 1330. The topological polar surface area (TPSA) is 22.4 Å². The zero-order valence-electron chi connectivity index (χ0n) is 25.9. The Balaban J connectivity index is 1.45. The minimum atomic E-state index is 0.928. The van der Waals surface area contributed by atoms with Crippen LogP contribution in [-0.2, 0) is 6.54 Å². The van der Waals surface area contributed by atoms with Gasteiger partial charge < -0.3 is 15.1 Å². The molecule has 0 bridgehead atoms. The molecule has 0 spiro atoms. The van der Waals surface area contributed by atoms with E-state index in [-0.39, 0.29) is 0 Å². The predicted molar refractivity (Wildman–Crippen MR) is 191 cm³/mol. The fourth-order valence-electron chi connectivity index (χ4n) is 4.34. The number of hydrogen-bond acceptors (Lipinski definition) is 5. The lowest BCUT2D eigenvalue weighted by atomic mass is 10.1. The van der Waals surface area contributed by atoms with Crippen LogP contribution in [0.25, 0.3) is 18.2 Å². The number of allylic oxidation sites excluding steroid dienone is 4. The molecule has 0 unspecified atom stereocenters. The van der Waals surface area contributed by atoms with E-state index in [2.05, 4.69) is 164 Å². The SMILES string of the molecule is CC=C(C=CNCC)C=Cc1ccccc1N(C)CCSSCCN(C)c1ccccc1C=Cc1cc[n+](CC)cc1. The van der Waals surface area contributed by atoms with Crippen LogP contribution in [0, 0.1) is 0 Å². The van der Waals surface area contributed by atoms with Crippen molar-refractivity contribution < 1.29 is 4.57 Å². The lowest BCUT2D eigenvalue weighted by molar-refractivity contribution is -0.693. The largest absolute Gasteiger partial charge is 0.391 e. The summed E-state index contributed by atoms with van der Waals surface area (Å²) in [6, 6.07) is 21.6. The molecule has 2 aromatic carbocycles. The smallest absolute Gasteiger partial charge is 0.169 e. The molecule has 42 heavy (non-hydrogen) atoms. The van der Waals surface area contributed by atoms with Gasteiger partial charge in [0.15, 0.2) is 12.4 Å². The van der Waals surface area contributed by atoms with E-state index in [1.807, 2.05) is 27.8 Å². The van der Waals surface area contributed by atoms with Gasteiger partial charge in [-0.1, -0.05) is 88.4 Å². The molecular weight excluding hydrogens is 553 g/mol. The molecule has 222 valence electrons. The molecule has 0 aliphatic rings. The summed E-state index contributed by atoms with van der Waals surface area (Å²) >= 11 is 0. The van der Waals surface area contributed by atoms with Crippen LogP contribution in [0.4, 0.5) is 11.4 Å². The van der Waals surface area contributed by atoms with E-state index in [0.29, 0.717) is 0 Å². The average Bonchev–Trinajstić information content (AvgIpc) is 3.03. The van der Waals surface area contributed by atoms with E-state index in [1.165, 1.54) is 33.6 Å². The molecule has 0 amide bonds. The van der Waals surface area contributed by atoms with Crippen LogP contribution in [0.15, 0.2) is 103 Å². The predicted octanol–water partition coefficient (Wildman–Crippen LogP) is 8.20. The normalized spacial score (nSPS) is 12.1. The third-order valence-corrected chi connectivity index (χ3v) is 9.29. The molecule has 0 aliphatic carbocycles. The summed E-state index contributed by atoms with van der Waals surface area (Å²) in [5.74, 6) is 2.15. The molecule has 0 aliphatic heterocycles. The Morgan fingerprint density at radius 1 is 0.762 bits per heavy atom. The lowest BCUT2D eigenvalue weighted by Crippen LogP contribution is -2.30. The zero-order valence-corrected chi connectivity index (χ0v) is 27.5. The number of benzene rings is 2. The third-order valence-electron chi connectivity index (χ3n) is 6.92. The van der Waals surface area contributed by atoms with Gasteiger partial charge >= 0.3 is 0 Å². The maximum absolute atomic E-state index is 3.24. The molecular formula is C36H47N4S2+. The third kappa shape index (κ3) is 11.1. The highest BCUT2D eigenvalue weighted by Crippen LogP contribution is 2.26. The fourth-order valence-corrected chi connectivity index (χ4v) is 6.43. The number of pyridine rings is 1. The van der Waals surface area contributed by atoms with Crippen LogP contribution in [0.3, 0.4) is 0 Å². The number of aryl methyl sites for hydroxylation is 1. The van der Waals surface area contributed by atoms with Gasteiger partial charge in [0.25, 0.3) is 0 Å². The van der Waals surface area contributed by atoms with Crippen molar-refractivity contribution in [2.45, 2.75) is 27.3 Å². The molecule has 3 aromatic rings. The van der Waals surface area contributed by atoms with Gasteiger partial charge in [-0.15, -0.1) is 0 Å². The van der Waals surface area contributed by atoms with Crippen molar-refractivity contribution >= 4 is 51.2 Å². The van der Waals surface area contributed by atoms with Crippen LogP contribution >= 0.6 is 21.6 Å². The van der Waals surface area contributed by atoms with Gasteiger partial charge in [0.2, 0.25) is 0 Å². The second kappa shape index (κ2) is 19.0. The number of nitrogens with one attached hydrogen (secondary N) is 1. The van der Waals surface area contributed by atoms with Crippen molar-refractivity contribution in [1.82, 2.24) is 5.32 Å². The molecule has 4 nitrogen and oxygen atoms in total. The van der Waals surface area contributed by atoms with Crippen LogP contribution in [-0.4, -0.2) is 45.2 Å². The second-order valence-electron chi connectivity index (χ2n) is 9.91. The summed E-state index contributed by atoms with van der Waals surface area (Å²) < 4.78 is 2.18. The highest BCUT2D eigenvalue weighted by Gasteiger charge is 2.07. The van der Waals surface area contributed by atoms with Crippen LogP contribution in [0.5, 0.6) is 0 Å². The zero-order chi connectivity index (χ0) is 30.0. The van der Waals surface area contributed by atoms with Crippen molar-refractivity contribution in [3.63, 3.8) is 0 Å². The first kappa shape index (κ1) is 33.2. The molecule has 0 saturated carbocycles. The molecule has 1 aromatic heterocycles. The lowest BCUT2D eigenvalue weighted by Gasteiger charge is -2.22. The molecule has 0 atom stereocenters. The number of hydrogen-bond donors (Lipinski definition) is 1. The van der Waals surface area contributed by atoms with E-state index in [0.717, 1.165) is 37.7 Å². The molecule has 6 heteroatoms. The first-order chi connectivity index (χ1) is 20.5. The van der Waals surface area contributed by atoms with Crippen molar-refractivity contribution in [2.24, 2.45) is 0 Å². The number of anilines is 2. The summed E-state index contributed by atoms with van der Waals surface area (Å²) in [5, 5.41) is 3.24. The monoisotopic (exact) mass is 599 g/mol. The van der Waals surface area contributed by atoms with Crippen molar-refractivity contribution in [2.75, 3.05) is 55.0 Å². The number of rotatable bonds is 17. The van der Waals surface area contributed by atoms with Crippen molar-refractivity contribution in [3.05, 3.63) is 120 Å². The van der Waals surface area contributed by atoms with Gasteiger partial charge in [-0.25, -0.2) is 4.57 Å². The Hall–Kier alpha value is -3.35. The molecule has 3 rings (SSSR count). The summed E-state index contributed by atoms with van der Waals surface area (Å²) in [6.45, 7) is 10.3. The van der Waals surface area contributed by atoms with E-state index in [4.69, 9.17) is 0 Å². The summed E-state index contributed by atoms with van der Waals surface area (Å²) in [4.78, 5) is 4.73. The van der Waals surface area contributed by atoms with E-state index < -0.39 is 0 Å². The standard InChI is InChI=1S/C36H47N4S2/c1-6-31(21-24-37-7-2)17-19-33-13-9-11-15-35(33)38(4)27-29-41-42-30-28-39(5)36-16-12-10-14-34(36)20-18-32-22-25-40(8-3)26-23-32/h6,9-26,37H,7-8,27-30H2,1-5H3/q+1. The Morgan fingerprint density at radius 3 is 1.88 bits per heavy atom. The highest BCUT2D eigenvalue weighted by atomic mass is 33.1. The van der Waals surface area contributed by atoms with E-state index >= 15 is 0 Å². The molecule has 1 N–H and O–H groups in total. The van der Waals surface area contributed by atoms with E-state index in [9.17, 15) is 0 Å². The maximum atomic E-state index is 3.24. The van der Waals surface area contributed by atoms with Crippen LogP contribution < -0.4 is 19.7 Å². The van der Waals surface area contributed by atoms with Crippen LogP contribution in [0.2, 0.25) is 0 Å². The number of nitrogens with zero attached hydrogens (tertiary/aromatic N) is 3. The quantitative estimate of drug-likeness (QED) is 0.0729. The number of aromatic nitrogens is 1. The molecule has 0 fully saturated rings. The van der Waals surface area contributed by atoms with Crippen molar-refractivity contribution in [1.29, 1.82) is 0 Å². The Labute approximate surface area is 262 Å². The summed E-state index contributed by atoms with van der Waals surface area (Å²) in [7, 11) is 8.29. The Morgan fingerprint density at radius 2 is 1.33 bits per heavy atom. The van der Waals surface area contributed by atoms with Gasteiger partial charge in [-0.05, 0) is 67.4 Å². The number of para-hydroxylation sites is 2. The van der Waals surface area contributed by atoms with Gasteiger partial charge in [-0.3, -0.25) is 0 Å². The molecule has 0 radical (unpaired) electrons. The van der Waals surface area contributed by atoms with Gasteiger partial charge in [0.1, 0.15) is 6.54 Å². The second-order valence-corrected chi connectivity index (χ2v) is 12.6. The van der Waals surface area contributed by atoms with Gasteiger partial charge in [0, 0.05) is 68.7 Å². The van der Waals surface area contributed by atoms with E-state index in [1.54, 1.807) is 0 Å². The summed E-state index contributed by atoms with van der Waals surface area (Å²) in [6.07, 6.45) is 19.3. The first-order valence-corrected chi connectivity index (χ1v) is 17.3. The first-order valence-electron chi connectivity index (χ1n) is 14.8. The van der Waals surface area contributed by atoms with Crippen molar-refractivity contribution in [3.8, 4) is 0 Å². The highest BCUT2D eigenvalue weighted by molar-refractivity contribution is 8.76.